The van der Waals surface area contributed by atoms with Crippen molar-refractivity contribution in [2.75, 3.05) is 18.5 Å². The molecule has 3 heteroatoms. The van der Waals surface area contributed by atoms with Crippen LogP contribution in [0.1, 0.15) is 31.7 Å². The summed E-state index contributed by atoms with van der Waals surface area (Å²) in [4.78, 5) is 6.83. The predicted molar refractivity (Wildman–Crippen MR) is 67.7 cm³/mol. The van der Waals surface area contributed by atoms with Crippen LogP contribution in [-0.2, 0) is 6.54 Å². The molecule has 0 bridgehead atoms. The number of hydrogen-bond acceptors (Lipinski definition) is 3. The van der Waals surface area contributed by atoms with Crippen LogP contribution in [-0.4, -0.2) is 24.6 Å². The van der Waals surface area contributed by atoms with Gasteiger partial charge in [-0.2, -0.15) is 0 Å². The fourth-order valence-electron chi connectivity index (χ4n) is 1.92. The van der Waals surface area contributed by atoms with Gasteiger partial charge < -0.3 is 10.2 Å². The van der Waals surface area contributed by atoms with E-state index >= 15 is 0 Å². The smallest absolute Gasteiger partial charge is 0.132 e. The lowest BCUT2D eigenvalue weighted by molar-refractivity contribution is 0.671. The lowest BCUT2D eigenvalue weighted by Crippen LogP contribution is -2.24. The van der Waals surface area contributed by atoms with Crippen LogP contribution in [0.15, 0.2) is 18.3 Å². The van der Waals surface area contributed by atoms with Gasteiger partial charge in [0.15, 0.2) is 0 Å². The molecule has 0 aromatic carbocycles. The van der Waals surface area contributed by atoms with E-state index in [2.05, 4.69) is 35.2 Å². The summed E-state index contributed by atoms with van der Waals surface area (Å²) in [6, 6.07) is 4.91. The Bertz CT molecular complexity index is 334. The normalized spacial score (nSPS) is 15.1. The second kappa shape index (κ2) is 5.30. The Kier molecular flexibility index (Phi) is 3.78. The first-order chi connectivity index (χ1) is 7.83. The van der Waals surface area contributed by atoms with Crippen LogP contribution in [0.3, 0.4) is 0 Å². The fourth-order valence-corrected chi connectivity index (χ4v) is 1.92. The van der Waals surface area contributed by atoms with E-state index in [9.17, 15) is 0 Å². The SMILES string of the molecule is CCCNCc1cccnc1N(C)C1CC1. The van der Waals surface area contributed by atoms with E-state index in [0.717, 1.165) is 24.9 Å². The highest BCUT2D eigenvalue weighted by Gasteiger charge is 2.28. The molecule has 0 saturated heterocycles. The number of aromatic nitrogens is 1. The Hall–Kier alpha value is -1.09. The van der Waals surface area contributed by atoms with Crippen molar-refractivity contribution in [2.45, 2.75) is 38.8 Å². The van der Waals surface area contributed by atoms with Crippen molar-refractivity contribution in [3.05, 3.63) is 23.9 Å². The topological polar surface area (TPSA) is 28.2 Å². The van der Waals surface area contributed by atoms with Crippen LogP contribution in [0.4, 0.5) is 5.82 Å². The van der Waals surface area contributed by atoms with Crippen molar-refractivity contribution >= 4 is 5.82 Å². The van der Waals surface area contributed by atoms with Crippen molar-refractivity contribution in [1.29, 1.82) is 0 Å². The second-order valence-electron chi connectivity index (χ2n) is 4.50. The van der Waals surface area contributed by atoms with Gasteiger partial charge in [0.2, 0.25) is 0 Å². The van der Waals surface area contributed by atoms with Crippen molar-refractivity contribution in [3.63, 3.8) is 0 Å². The van der Waals surface area contributed by atoms with E-state index in [1.807, 2.05) is 12.3 Å². The van der Waals surface area contributed by atoms with E-state index in [0.29, 0.717) is 0 Å². The number of anilines is 1. The summed E-state index contributed by atoms with van der Waals surface area (Å²) in [5.41, 5.74) is 1.31. The summed E-state index contributed by atoms with van der Waals surface area (Å²) in [5.74, 6) is 1.15. The largest absolute Gasteiger partial charge is 0.356 e. The molecule has 0 radical (unpaired) electrons. The third kappa shape index (κ3) is 2.73. The highest BCUT2D eigenvalue weighted by atomic mass is 15.2. The van der Waals surface area contributed by atoms with Crippen LogP contribution >= 0.6 is 0 Å². The average molecular weight is 219 g/mol. The van der Waals surface area contributed by atoms with Gasteiger partial charge >= 0.3 is 0 Å². The molecule has 0 aliphatic heterocycles. The van der Waals surface area contributed by atoms with E-state index in [1.54, 1.807) is 0 Å². The molecule has 2 rings (SSSR count). The van der Waals surface area contributed by atoms with Crippen LogP contribution in [0.5, 0.6) is 0 Å². The minimum Gasteiger partial charge on any atom is -0.356 e. The Morgan fingerprint density at radius 3 is 3.00 bits per heavy atom. The maximum Gasteiger partial charge on any atom is 0.132 e. The average Bonchev–Trinajstić information content (AvgIpc) is 3.13. The van der Waals surface area contributed by atoms with Crippen LogP contribution < -0.4 is 10.2 Å². The first kappa shape index (κ1) is 11.4. The van der Waals surface area contributed by atoms with Crippen molar-refractivity contribution in [2.24, 2.45) is 0 Å². The second-order valence-corrected chi connectivity index (χ2v) is 4.50. The molecule has 88 valence electrons. The molecular formula is C13H21N3. The van der Waals surface area contributed by atoms with Gasteiger partial charge in [-0.05, 0) is 31.9 Å². The molecule has 1 aromatic rings. The van der Waals surface area contributed by atoms with E-state index in [1.165, 1.54) is 24.8 Å². The molecule has 16 heavy (non-hydrogen) atoms. The molecule has 1 saturated carbocycles. The van der Waals surface area contributed by atoms with Crippen molar-refractivity contribution in [1.82, 2.24) is 10.3 Å². The van der Waals surface area contributed by atoms with Gasteiger partial charge in [0.1, 0.15) is 5.82 Å². The number of pyridine rings is 1. The number of rotatable bonds is 6. The zero-order chi connectivity index (χ0) is 11.4. The lowest BCUT2D eigenvalue weighted by Gasteiger charge is -2.20. The molecule has 1 aliphatic carbocycles. The van der Waals surface area contributed by atoms with Crippen molar-refractivity contribution in [3.8, 4) is 0 Å². The standard InChI is InChI=1S/C13H21N3/c1-3-8-14-10-11-5-4-9-15-13(11)16(2)12-6-7-12/h4-5,9,12,14H,3,6-8,10H2,1-2H3. The lowest BCUT2D eigenvalue weighted by atomic mass is 10.2. The first-order valence-electron chi connectivity index (χ1n) is 6.20. The molecular weight excluding hydrogens is 198 g/mol. The number of nitrogens with one attached hydrogen (secondary N) is 1. The molecule has 3 nitrogen and oxygen atoms in total. The number of nitrogens with zero attached hydrogens (tertiary/aromatic N) is 2. The third-order valence-corrected chi connectivity index (χ3v) is 3.04. The summed E-state index contributed by atoms with van der Waals surface area (Å²) in [7, 11) is 2.16. The first-order valence-corrected chi connectivity index (χ1v) is 6.20. The highest BCUT2D eigenvalue weighted by Crippen LogP contribution is 2.30. The highest BCUT2D eigenvalue weighted by molar-refractivity contribution is 5.47. The monoisotopic (exact) mass is 219 g/mol. The summed E-state index contributed by atoms with van der Waals surface area (Å²) in [6.45, 7) is 4.18. The fraction of sp³-hybridized carbons (Fsp3) is 0.615. The van der Waals surface area contributed by atoms with Gasteiger partial charge in [-0.1, -0.05) is 13.0 Å². The van der Waals surface area contributed by atoms with E-state index in [4.69, 9.17) is 0 Å². The van der Waals surface area contributed by atoms with Crippen LogP contribution in [0.2, 0.25) is 0 Å². The number of hydrogen-bond donors (Lipinski definition) is 1. The zero-order valence-corrected chi connectivity index (χ0v) is 10.2. The van der Waals surface area contributed by atoms with Gasteiger partial charge in [-0.15, -0.1) is 0 Å². The molecule has 1 fully saturated rings. The Balaban J connectivity index is 2.04. The minimum atomic E-state index is 0.722. The van der Waals surface area contributed by atoms with E-state index in [-0.39, 0.29) is 0 Å². The summed E-state index contributed by atoms with van der Waals surface area (Å²) < 4.78 is 0. The van der Waals surface area contributed by atoms with Gasteiger partial charge in [0.05, 0.1) is 0 Å². The van der Waals surface area contributed by atoms with Gasteiger partial charge in [0.25, 0.3) is 0 Å². The summed E-state index contributed by atoms with van der Waals surface area (Å²) in [6.07, 6.45) is 5.69. The Morgan fingerprint density at radius 2 is 2.31 bits per heavy atom. The Morgan fingerprint density at radius 1 is 1.50 bits per heavy atom. The molecule has 0 atom stereocenters. The molecule has 0 amide bonds. The molecule has 1 heterocycles. The maximum absolute atomic E-state index is 4.50. The Labute approximate surface area is 97.9 Å². The molecule has 1 N–H and O–H groups in total. The molecule has 0 spiro atoms. The van der Waals surface area contributed by atoms with Crippen molar-refractivity contribution < 1.29 is 0 Å². The quantitative estimate of drug-likeness (QED) is 0.743. The summed E-state index contributed by atoms with van der Waals surface area (Å²) >= 11 is 0. The minimum absolute atomic E-state index is 0.722. The van der Waals surface area contributed by atoms with E-state index < -0.39 is 0 Å². The van der Waals surface area contributed by atoms with Gasteiger partial charge in [-0.3, -0.25) is 0 Å². The van der Waals surface area contributed by atoms with Gasteiger partial charge in [0, 0.05) is 31.4 Å². The third-order valence-electron chi connectivity index (χ3n) is 3.04. The zero-order valence-electron chi connectivity index (χ0n) is 10.2. The maximum atomic E-state index is 4.50. The van der Waals surface area contributed by atoms with Crippen LogP contribution in [0.25, 0.3) is 0 Å². The van der Waals surface area contributed by atoms with Crippen LogP contribution in [0, 0.1) is 0 Å². The summed E-state index contributed by atoms with van der Waals surface area (Å²) in [5, 5.41) is 3.44. The molecule has 0 unspecified atom stereocenters. The molecule has 1 aromatic heterocycles. The molecule has 1 aliphatic rings. The predicted octanol–water partition coefficient (Wildman–Crippen LogP) is 2.18. The van der Waals surface area contributed by atoms with Gasteiger partial charge in [-0.25, -0.2) is 4.98 Å².